The minimum atomic E-state index is -3.82. The highest BCUT2D eigenvalue weighted by molar-refractivity contribution is 5.90. The molecule has 3 saturated carbocycles. The van der Waals surface area contributed by atoms with Gasteiger partial charge in [-0.05, 0) is 33.8 Å². The average molecular weight is 491 g/mol. The highest BCUT2D eigenvalue weighted by atomic mass is 19.3. The first kappa shape index (κ1) is 23.7. The van der Waals surface area contributed by atoms with E-state index in [1.54, 1.807) is 24.6 Å². The predicted octanol–water partition coefficient (Wildman–Crippen LogP) is 4.88. The largest absolute Gasteiger partial charge is 0.384 e. The number of aryl methyl sites for hydroxylation is 1. The van der Waals surface area contributed by atoms with Crippen LogP contribution in [0.5, 0.6) is 0 Å². The van der Waals surface area contributed by atoms with Gasteiger partial charge in [-0.25, -0.2) is 18.7 Å². The SMILES string of the molecule is Cc1c(=O)n(C23CC(F)(C2)C3)cc2c(N[C@H](C)c3cccc(C(F)(F)C(C)(C)O)c3F)ncnc12. The lowest BCUT2D eigenvalue weighted by molar-refractivity contribution is -0.199. The molecule has 186 valence electrons. The summed E-state index contributed by atoms with van der Waals surface area (Å²) in [7, 11) is 0. The summed E-state index contributed by atoms with van der Waals surface area (Å²) in [4.78, 5) is 21.5. The van der Waals surface area contributed by atoms with E-state index in [1.165, 1.54) is 18.5 Å². The lowest BCUT2D eigenvalue weighted by Gasteiger charge is -2.66. The molecule has 0 amide bonds. The van der Waals surface area contributed by atoms with Gasteiger partial charge >= 0.3 is 5.92 Å². The molecule has 2 aromatic heterocycles. The third-order valence-electron chi connectivity index (χ3n) is 7.44. The number of hydrogen-bond donors (Lipinski definition) is 2. The Labute approximate surface area is 199 Å². The molecule has 0 saturated heterocycles. The van der Waals surface area contributed by atoms with Gasteiger partial charge in [-0.2, -0.15) is 8.78 Å². The molecular weight excluding hydrogens is 464 g/mol. The van der Waals surface area contributed by atoms with Crippen LogP contribution in [0.2, 0.25) is 0 Å². The van der Waals surface area contributed by atoms with Gasteiger partial charge in [0.15, 0.2) is 0 Å². The minimum absolute atomic E-state index is 0.0398. The van der Waals surface area contributed by atoms with Crippen molar-refractivity contribution in [3.05, 3.63) is 63.6 Å². The molecule has 6 nitrogen and oxygen atoms in total. The zero-order valence-electron chi connectivity index (χ0n) is 19.8. The molecule has 3 fully saturated rings. The number of benzene rings is 1. The Kier molecular flexibility index (Phi) is 4.92. The van der Waals surface area contributed by atoms with E-state index in [0.29, 0.717) is 22.3 Å². The normalized spacial score (nSPS) is 24.6. The standard InChI is InChI=1S/C25H26F4N4O2/c1-13-19-16(8-33(21(13)34)24-9-23(27,10-24)11-24)20(31-12-30-19)32-14(2)15-6-5-7-17(18(15)26)25(28,29)22(3,4)35/h5-8,12,14,35H,9-11H2,1-4H3,(H,30,31,32)/t14-,23?,24?/m1/s1. The molecule has 10 heteroatoms. The van der Waals surface area contributed by atoms with Crippen LogP contribution in [0.1, 0.15) is 62.8 Å². The van der Waals surface area contributed by atoms with Gasteiger partial charge in [0.2, 0.25) is 0 Å². The smallest absolute Gasteiger partial charge is 0.303 e. The number of alkyl halides is 3. The van der Waals surface area contributed by atoms with E-state index >= 15 is 4.39 Å². The number of anilines is 1. The van der Waals surface area contributed by atoms with Crippen molar-refractivity contribution in [3.8, 4) is 0 Å². The molecule has 2 N–H and O–H groups in total. The maximum atomic E-state index is 15.3. The van der Waals surface area contributed by atoms with Crippen LogP contribution >= 0.6 is 0 Å². The fourth-order valence-corrected chi connectivity index (χ4v) is 5.36. The second-order valence-corrected chi connectivity index (χ2v) is 10.5. The lowest BCUT2D eigenvalue weighted by atomic mass is 9.47. The number of halogens is 4. The molecule has 0 radical (unpaired) electrons. The number of fused-ring (bicyclic) bond motifs is 1. The molecule has 2 bridgehead atoms. The van der Waals surface area contributed by atoms with Crippen molar-refractivity contribution in [3.63, 3.8) is 0 Å². The summed E-state index contributed by atoms with van der Waals surface area (Å²) in [6.07, 6.45) is 3.72. The average Bonchev–Trinajstić information content (AvgIpc) is 2.73. The maximum Gasteiger partial charge on any atom is 0.303 e. The molecular formula is C25H26F4N4O2. The van der Waals surface area contributed by atoms with Crippen molar-refractivity contribution in [2.45, 2.75) is 75.7 Å². The fraction of sp³-hybridized carbons (Fsp3) is 0.480. The molecule has 1 aromatic carbocycles. The van der Waals surface area contributed by atoms with E-state index in [2.05, 4.69) is 15.3 Å². The molecule has 3 aliphatic carbocycles. The number of rotatable bonds is 6. The Bertz CT molecular complexity index is 1390. The third-order valence-corrected chi connectivity index (χ3v) is 7.44. The number of pyridine rings is 1. The lowest BCUT2D eigenvalue weighted by Crippen LogP contribution is -2.71. The Balaban J connectivity index is 1.54. The highest BCUT2D eigenvalue weighted by Gasteiger charge is 2.70. The van der Waals surface area contributed by atoms with Crippen LogP contribution in [-0.2, 0) is 11.5 Å². The molecule has 0 aliphatic heterocycles. The zero-order valence-corrected chi connectivity index (χ0v) is 19.8. The Morgan fingerprint density at radius 2 is 1.86 bits per heavy atom. The van der Waals surface area contributed by atoms with Crippen molar-refractivity contribution in [1.29, 1.82) is 0 Å². The van der Waals surface area contributed by atoms with Crippen LogP contribution < -0.4 is 10.9 Å². The summed E-state index contributed by atoms with van der Waals surface area (Å²) < 4.78 is 60.4. The van der Waals surface area contributed by atoms with E-state index in [-0.39, 0.29) is 30.4 Å². The maximum absolute atomic E-state index is 15.3. The summed E-state index contributed by atoms with van der Waals surface area (Å²) in [5.41, 5.74) is -4.61. The van der Waals surface area contributed by atoms with Crippen LogP contribution in [0.3, 0.4) is 0 Å². The summed E-state index contributed by atoms with van der Waals surface area (Å²) in [6.45, 7) is 5.08. The van der Waals surface area contributed by atoms with Crippen molar-refractivity contribution < 1.29 is 22.7 Å². The summed E-state index contributed by atoms with van der Waals surface area (Å²) in [5.74, 6) is -4.66. The molecule has 2 heterocycles. The van der Waals surface area contributed by atoms with Gasteiger partial charge in [-0.1, -0.05) is 12.1 Å². The van der Waals surface area contributed by atoms with E-state index < -0.39 is 40.2 Å². The van der Waals surface area contributed by atoms with Gasteiger partial charge in [0.25, 0.3) is 5.56 Å². The van der Waals surface area contributed by atoms with Crippen LogP contribution in [0.15, 0.2) is 35.5 Å². The van der Waals surface area contributed by atoms with Crippen LogP contribution in [0, 0.1) is 12.7 Å². The van der Waals surface area contributed by atoms with Crippen molar-refractivity contribution in [2.24, 2.45) is 0 Å². The highest BCUT2D eigenvalue weighted by Crippen LogP contribution is 2.67. The molecule has 3 aromatic rings. The molecule has 35 heavy (non-hydrogen) atoms. The van der Waals surface area contributed by atoms with Gasteiger partial charge in [-0.3, -0.25) is 4.79 Å². The molecule has 1 atom stereocenters. The number of aliphatic hydroxyl groups is 1. The van der Waals surface area contributed by atoms with Gasteiger partial charge in [0.1, 0.15) is 29.2 Å². The quantitative estimate of drug-likeness (QED) is 0.482. The first-order chi connectivity index (χ1) is 16.2. The number of nitrogens with zero attached hydrogens (tertiary/aromatic N) is 3. The topological polar surface area (TPSA) is 80.0 Å². The third kappa shape index (κ3) is 3.36. The zero-order chi connectivity index (χ0) is 25.6. The van der Waals surface area contributed by atoms with Crippen LogP contribution in [0.4, 0.5) is 23.4 Å². The van der Waals surface area contributed by atoms with E-state index in [0.717, 1.165) is 19.9 Å². The summed E-state index contributed by atoms with van der Waals surface area (Å²) in [5, 5.41) is 13.4. The van der Waals surface area contributed by atoms with Crippen LogP contribution in [-0.4, -0.2) is 30.9 Å². The van der Waals surface area contributed by atoms with Gasteiger partial charge < -0.3 is 15.0 Å². The molecule has 0 spiro atoms. The van der Waals surface area contributed by atoms with Crippen molar-refractivity contribution in [1.82, 2.24) is 14.5 Å². The Hall–Kier alpha value is -3.01. The van der Waals surface area contributed by atoms with E-state index in [4.69, 9.17) is 0 Å². The Morgan fingerprint density at radius 1 is 1.20 bits per heavy atom. The van der Waals surface area contributed by atoms with Gasteiger partial charge in [-0.15, -0.1) is 0 Å². The first-order valence-electron chi connectivity index (χ1n) is 11.4. The fourth-order valence-electron chi connectivity index (χ4n) is 5.36. The Morgan fingerprint density at radius 3 is 2.46 bits per heavy atom. The van der Waals surface area contributed by atoms with Crippen molar-refractivity contribution >= 4 is 16.7 Å². The van der Waals surface area contributed by atoms with Gasteiger partial charge in [0, 0.05) is 36.6 Å². The molecule has 6 rings (SSSR count). The second-order valence-electron chi connectivity index (χ2n) is 10.5. The monoisotopic (exact) mass is 490 g/mol. The molecule has 3 aliphatic rings. The van der Waals surface area contributed by atoms with Crippen molar-refractivity contribution in [2.75, 3.05) is 5.32 Å². The molecule has 0 unspecified atom stereocenters. The van der Waals surface area contributed by atoms with E-state index in [9.17, 15) is 23.1 Å². The van der Waals surface area contributed by atoms with Gasteiger partial charge in [0.05, 0.1) is 28.0 Å². The van der Waals surface area contributed by atoms with Crippen LogP contribution in [0.25, 0.3) is 10.9 Å². The second kappa shape index (κ2) is 7.25. The summed E-state index contributed by atoms with van der Waals surface area (Å²) in [6, 6.07) is 2.84. The minimum Gasteiger partial charge on any atom is -0.384 e. The number of nitrogens with one attached hydrogen (secondary N) is 1. The van der Waals surface area contributed by atoms with E-state index in [1.807, 2.05) is 0 Å². The number of aromatic nitrogens is 3. The number of hydrogen-bond acceptors (Lipinski definition) is 5. The predicted molar refractivity (Wildman–Crippen MR) is 123 cm³/mol. The summed E-state index contributed by atoms with van der Waals surface area (Å²) >= 11 is 0. The first-order valence-corrected chi connectivity index (χ1v) is 11.4.